The maximum Gasteiger partial charge on any atom is 0.252 e. The van der Waals surface area contributed by atoms with Crippen molar-refractivity contribution < 1.29 is 9.18 Å². The quantitative estimate of drug-likeness (QED) is 0.581. The summed E-state index contributed by atoms with van der Waals surface area (Å²) in [6.45, 7) is 1.93. The molecule has 0 aliphatic carbocycles. The smallest absolute Gasteiger partial charge is 0.252 e. The van der Waals surface area contributed by atoms with E-state index in [9.17, 15) is 9.18 Å². The van der Waals surface area contributed by atoms with Crippen LogP contribution in [0.1, 0.15) is 23.0 Å². The molecule has 0 saturated heterocycles. The van der Waals surface area contributed by atoms with Gasteiger partial charge in [0.2, 0.25) is 0 Å². The molecule has 0 aliphatic rings. The van der Waals surface area contributed by atoms with Gasteiger partial charge < -0.3 is 9.72 Å². The molecule has 0 radical (unpaired) electrons. The fourth-order valence-corrected chi connectivity index (χ4v) is 2.99. The van der Waals surface area contributed by atoms with E-state index in [4.69, 9.17) is 0 Å². The number of carbonyl (C=O) groups excluding carboxylic acids is 1. The first kappa shape index (κ1) is 17.8. The average Bonchev–Trinajstić information content (AvgIpc) is 3.12. The van der Waals surface area contributed by atoms with E-state index in [1.165, 1.54) is 12.1 Å². The molecule has 0 fully saturated rings. The summed E-state index contributed by atoms with van der Waals surface area (Å²) in [6.07, 6.45) is 9.10. The molecule has 0 spiro atoms. The molecule has 140 valence electrons. The highest BCUT2D eigenvalue weighted by atomic mass is 19.1. The van der Waals surface area contributed by atoms with Crippen LogP contribution < -0.4 is 5.32 Å². The second kappa shape index (κ2) is 7.56. The van der Waals surface area contributed by atoms with Crippen molar-refractivity contribution >= 4 is 11.6 Å². The minimum atomic E-state index is -0.290. The summed E-state index contributed by atoms with van der Waals surface area (Å²) in [5, 5.41) is 2.97. The molecule has 6 nitrogen and oxygen atoms in total. The molecule has 0 bridgehead atoms. The Bertz CT molecular complexity index is 1110. The highest BCUT2D eigenvalue weighted by molar-refractivity contribution is 5.94. The molecule has 3 aromatic heterocycles. The van der Waals surface area contributed by atoms with Crippen LogP contribution in [-0.2, 0) is 6.42 Å². The standard InChI is InChI=1S/C21H18FN5O/c1-14(10-18-11-23-8-9-24-18)25-21(28)16-4-7-20-26-19(13-27(20)12-16)15-2-5-17(22)6-3-15/h2-9,11-14H,10H2,1H3,(H,25,28). The molecule has 3 heterocycles. The Morgan fingerprint density at radius 1 is 1.14 bits per heavy atom. The molecule has 7 heteroatoms. The number of hydrogen-bond donors (Lipinski definition) is 1. The van der Waals surface area contributed by atoms with E-state index in [0.29, 0.717) is 23.3 Å². The molecule has 1 unspecified atom stereocenters. The largest absolute Gasteiger partial charge is 0.349 e. The summed E-state index contributed by atoms with van der Waals surface area (Å²) in [6, 6.07) is 9.60. The van der Waals surface area contributed by atoms with Crippen molar-refractivity contribution in [1.82, 2.24) is 24.7 Å². The second-order valence-electron chi connectivity index (χ2n) is 6.59. The van der Waals surface area contributed by atoms with Crippen LogP contribution in [0.15, 0.2) is 67.4 Å². The molecular formula is C21H18FN5O. The summed E-state index contributed by atoms with van der Waals surface area (Å²) in [4.78, 5) is 25.4. The highest BCUT2D eigenvalue weighted by Gasteiger charge is 2.13. The van der Waals surface area contributed by atoms with Gasteiger partial charge in [0.25, 0.3) is 5.91 Å². The minimum absolute atomic E-state index is 0.0857. The average molecular weight is 375 g/mol. The van der Waals surface area contributed by atoms with E-state index in [-0.39, 0.29) is 17.8 Å². The number of rotatable bonds is 5. The summed E-state index contributed by atoms with van der Waals surface area (Å²) in [7, 11) is 0. The Balaban J connectivity index is 1.50. The molecule has 1 aromatic carbocycles. The second-order valence-corrected chi connectivity index (χ2v) is 6.59. The van der Waals surface area contributed by atoms with Gasteiger partial charge in [0.05, 0.1) is 17.0 Å². The van der Waals surface area contributed by atoms with E-state index in [1.54, 1.807) is 53.5 Å². The van der Waals surface area contributed by atoms with E-state index >= 15 is 0 Å². The van der Waals surface area contributed by atoms with Crippen LogP contribution in [0.3, 0.4) is 0 Å². The van der Waals surface area contributed by atoms with Crippen molar-refractivity contribution in [2.45, 2.75) is 19.4 Å². The van der Waals surface area contributed by atoms with Crippen LogP contribution in [0.5, 0.6) is 0 Å². The number of halogens is 1. The maximum absolute atomic E-state index is 13.1. The lowest BCUT2D eigenvalue weighted by Crippen LogP contribution is -2.34. The Hall–Kier alpha value is -3.61. The molecule has 0 aliphatic heterocycles. The van der Waals surface area contributed by atoms with Crippen molar-refractivity contribution in [3.8, 4) is 11.3 Å². The first-order valence-electron chi connectivity index (χ1n) is 8.89. The van der Waals surface area contributed by atoms with Crippen molar-refractivity contribution in [2.24, 2.45) is 0 Å². The SMILES string of the molecule is CC(Cc1cnccn1)NC(=O)c1ccc2nc(-c3ccc(F)cc3)cn2c1. The van der Waals surface area contributed by atoms with Crippen LogP contribution >= 0.6 is 0 Å². The van der Waals surface area contributed by atoms with E-state index < -0.39 is 0 Å². The number of benzene rings is 1. The number of nitrogens with zero attached hydrogens (tertiary/aromatic N) is 4. The van der Waals surface area contributed by atoms with Gasteiger partial charge in [-0.2, -0.15) is 0 Å². The summed E-state index contributed by atoms with van der Waals surface area (Å²) >= 11 is 0. The molecule has 28 heavy (non-hydrogen) atoms. The van der Waals surface area contributed by atoms with Crippen LogP contribution in [0, 0.1) is 5.82 Å². The summed E-state index contributed by atoms with van der Waals surface area (Å²) in [5.41, 5.74) is 3.59. The first-order valence-corrected chi connectivity index (χ1v) is 8.89. The van der Waals surface area contributed by atoms with E-state index in [0.717, 1.165) is 11.3 Å². The molecular weight excluding hydrogens is 357 g/mol. The van der Waals surface area contributed by atoms with Crippen LogP contribution in [0.2, 0.25) is 0 Å². The molecule has 0 saturated carbocycles. The molecule has 1 N–H and O–H groups in total. The fourth-order valence-electron chi connectivity index (χ4n) is 2.99. The summed E-state index contributed by atoms with van der Waals surface area (Å²) in [5.74, 6) is -0.461. The Morgan fingerprint density at radius 3 is 2.71 bits per heavy atom. The van der Waals surface area contributed by atoms with Gasteiger partial charge >= 0.3 is 0 Å². The van der Waals surface area contributed by atoms with Gasteiger partial charge in [-0.1, -0.05) is 0 Å². The van der Waals surface area contributed by atoms with Crippen molar-refractivity contribution in [2.75, 3.05) is 0 Å². The lowest BCUT2D eigenvalue weighted by molar-refractivity contribution is 0.0939. The zero-order chi connectivity index (χ0) is 19.5. The maximum atomic E-state index is 13.1. The van der Waals surface area contributed by atoms with Crippen molar-refractivity contribution in [3.63, 3.8) is 0 Å². The van der Waals surface area contributed by atoms with Gasteiger partial charge in [-0.05, 0) is 43.3 Å². The van der Waals surface area contributed by atoms with E-state index in [2.05, 4.69) is 20.3 Å². The third kappa shape index (κ3) is 3.88. The number of amides is 1. The molecule has 4 rings (SSSR count). The van der Waals surface area contributed by atoms with E-state index in [1.807, 2.05) is 13.1 Å². The lowest BCUT2D eigenvalue weighted by Gasteiger charge is -2.13. The molecule has 1 atom stereocenters. The van der Waals surface area contributed by atoms with Gasteiger partial charge in [-0.3, -0.25) is 14.8 Å². The first-order chi connectivity index (χ1) is 13.6. The van der Waals surface area contributed by atoms with Gasteiger partial charge in [0.1, 0.15) is 11.5 Å². The third-order valence-corrected chi connectivity index (χ3v) is 4.36. The number of nitrogens with one attached hydrogen (secondary N) is 1. The number of imidazole rings is 1. The Morgan fingerprint density at radius 2 is 1.96 bits per heavy atom. The molecule has 4 aromatic rings. The van der Waals surface area contributed by atoms with Gasteiger partial charge in [-0.25, -0.2) is 9.37 Å². The predicted molar refractivity (Wildman–Crippen MR) is 103 cm³/mol. The Labute approximate surface area is 161 Å². The van der Waals surface area contributed by atoms with Crippen LogP contribution in [-0.4, -0.2) is 31.3 Å². The molecule has 1 amide bonds. The number of pyridine rings is 1. The van der Waals surface area contributed by atoms with Crippen LogP contribution in [0.25, 0.3) is 16.9 Å². The fraction of sp³-hybridized carbons (Fsp3) is 0.143. The van der Waals surface area contributed by atoms with Crippen molar-refractivity contribution in [1.29, 1.82) is 0 Å². The van der Waals surface area contributed by atoms with Gasteiger partial charge in [0, 0.05) is 49.0 Å². The zero-order valence-corrected chi connectivity index (χ0v) is 15.2. The predicted octanol–water partition coefficient (Wildman–Crippen LogP) is 3.29. The monoisotopic (exact) mass is 375 g/mol. The van der Waals surface area contributed by atoms with Gasteiger partial charge in [-0.15, -0.1) is 0 Å². The van der Waals surface area contributed by atoms with Gasteiger partial charge in [0.15, 0.2) is 0 Å². The number of hydrogen-bond acceptors (Lipinski definition) is 4. The third-order valence-electron chi connectivity index (χ3n) is 4.36. The normalized spacial score (nSPS) is 12.1. The van der Waals surface area contributed by atoms with Crippen molar-refractivity contribution in [3.05, 3.63) is 84.5 Å². The highest BCUT2D eigenvalue weighted by Crippen LogP contribution is 2.20. The van der Waals surface area contributed by atoms with Crippen LogP contribution in [0.4, 0.5) is 4.39 Å². The lowest BCUT2D eigenvalue weighted by atomic mass is 10.1. The number of aromatic nitrogens is 4. The number of fused-ring (bicyclic) bond motifs is 1. The topological polar surface area (TPSA) is 72.2 Å². The zero-order valence-electron chi connectivity index (χ0n) is 15.2. The number of carbonyl (C=O) groups is 1. The summed E-state index contributed by atoms with van der Waals surface area (Å²) < 4.78 is 14.9. The Kier molecular flexibility index (Phi) is 4.80. The minimum Gasteiger partial charge on any atom is -0.349 e.